The number of aromatic nitrogens is 2. The third kappa shape index (κ3) is 4.03. The molecule has 0 saturated carbocycles. The van der Waals surface area contributed by atoms with Gasteiger partial charge in [0.05, 0.1) is 17.7 Å². The molecule has 0 atom stereocenters. The van der Waals surface area contributed by atoms with E-state index >= 15 is 0 Å². The lowest BCUT2D eigenvalue weighted by molar-refractivity contribution is -0.127. The Balaban J connectivity index is 1.82. The number of furan rings is 1. The molecule has 0 unspecified atom stereocenters. The van der Waals surface area contributed by atoms with Crippen molar-refractivity contribution in [3.8, 4) is 0 Å². The molecule has 0 radical (unpaired) electrons. The van der Waals surface area contributed by atoms with Crippen LogP contribution in [0.4, 0.5) is 0 Å². The Morgan fingerprint density at radius 1 is 1.32 bits per heavy atom. The number of hydrogen-bond acceptors (Lipinski definition) is 6. The average molecular weight is 420 g/mol. The molecule has 0 saturated heterocycles. The Morgan fingerprint density at radius 3 is 2.64 bits per heavy atom. The summed E-state index contributed by atoms with van der Waals surface area (Å²) < 4.78 is 7.23. The van der Waals surface area contributed by atoms with Gasteiger partial charge >= 0.3 is 0 Å². The number of thiophene rings is 1. The van der Waals surface area contributed by atoms with Gasteiger partial charge < -0.3 is 9.32 Å². The zero-order valence-electron chi connectivity index (χ0n) is 17.0. The molecule has 0 N–H and O–H groups in total. The Bertz CT molecular complexity index is 1080. The van der Waals surface area contributed by atoms with Crippen molar-refractivity contribution in [1.82, 2.24) is 14.5 Å². The first kappa shape index (κ1) is 20.7. The molecule has 3 heterocycles. The van der Waals surface area contributed by atoms with Crippen LogP contribution in [0.3, 0.4) is 0 Å². The van der Waals surface area contributed by atoms with Gasteiger partial charge in [0, 0.05) is 18.0 Å². The molecule has 0 aliphatic rings. The maximum atomic E-state index is 13.1. The van der Waals surface area contributed by atoms with E-state index in [1.165, 1.54) is 23.1 Å². The second kappa shape index (κ2) is 8.13. The first-order chi connectivity index (χ1) is 13.2. The number of rotatable bonds is 6. The highest BCUT2D eigenvalue weighted by Crippen LogP contribution is 2.29. The molecule has 6 nitrogen and oxygen atoms in total. The lowest BCUT2D eigenvalue weighted by Crippen LogP contribution is -2.29. The summed E-state index contributed by atoms with van der Waals surface area (Å²) >= 11 is 2.84. The molecule has 3 aromatic rings. The van der Waals surface area contributed by atoms with Crippen LogP contribution in [-0.2, 0) is 11.3 Å². The predicted molar refractivity (Wildman–Crippen MR) is 114 cm³/mol. The van der Waals surface area contributed by atoms with Gasteiger partial charge in [-0.3, -0.25) is 14.2 Å². The number of amides is 1. The first-order valence-electron chi connectivity index (χ1n) is 9.13. The highest BCUT2D eigenvalue weighted by atomic mass is 32.2. The van der Waals surface area contributed by atoms with Crippen molar-refractivity contribution in [2.45, 2.75) is 52.4 Å². The van der Waals surface area contributed by atoms with Crippen LogP contribution in [-0.4, -0.2) is 33.2 Å². The zero-order chi connectivity index (χ0) is 20.6. The molecule has 0 aromatic carbocycles. The standard InChI is InChI=1S/C20H25N3O3S2/c1-11(2)23-19(25)17-13(4)14(5)28-18(17)21-20(23)27-10-16(24)22(6)9-15-8-7-12(3)26-15/h7-8,11H,9-10H2,1-6H3. The monoisotopic (exact) mass is 419 g/mol. The highest BCUT2D eigenvalue weighted by Gasteiger charge is 2.20. The summed E-state index contributed by atoms with van der Waals surface area (Å²) in [5.41, 5.74) is 0.962. The van der Waals surface area contributed by atoms with E-state index in [1.807, 2.05) is 46.8 Å². The lowest BCUT2D eigenvalue weighted by atomic mass is 10.2. The maximum absolute atomic E-state index is 13.1. The summed E-state index contributed by atoms with van der Waals surface area (Å²) in [5.74, 6) is 1.75. The summed E-state index contributed by atoms with van der Waals surface area (Å²) in [7, 11) is 1.75. The Hall–Kier alpha value is -2.06. The van der Waals surface area contributed by atoms with Crippen LogP contribution in [0.15, 0.2) is 26.5 Å². The van der Waals surface area contributed by atoms with E-state index in [2.05, 4.69) is 0 Å². The molecule has 150 valence electrons. The highest BCUT2D eigenvalue weighted by molar-refractivity contribution is 7.99. The fraction of sp³-hybridized carbons (Fsp3) is 0.450. The van der Waals surface area contributed by atoms with Gasteiger partial charge in [-0.2, -0.15) is 0 Å². The van der Waals surface area contributed by atoms with Crippen LogP contribution in [0.1, 0.15) is 41.9 Å². The quantitative estimate of drug-likeness (QED) is 0.440. The van der Waals surface area contributed by atoms with Crippen molar-refractivity contribution in [3.63, 3.8) is 0 Å². The SMILES string of the molecule is Cc1ccc(CN(C)C(=O)CSc2nc3sc(C)c(C)c3c(=O)n2C(C)C)o1. The van der Waals surface area contributed by atoms with E-state index in [0.717, 1.165) is 26.8 Å². The van der Waals surface area contributed by atoms with Crippen LogP contribution in [0.5, 0.6) is 0 Å². The van der Waals surface area contributed by atoms with E-state index < -0.39 is 0 Å². The summed E-state index contributed by atoms with van der Waals surface area (Å²) in [6, 6.07) is 3.72. The molecule has 0 spiro atoms. The fourth-order valence-corrected chi connectivity index (χ4v) is 5.11. The van der Waals surface area contributed by atoms with Gasteiger partial charge in [0.15, 0.2) is 5.16 Å². The average Bonchev–Trinajstić information content (AvgIpc) is 3.15. The van der Waals surface area contributed by atoms with Crippen molar-refractivity contribution >= 4 is 39.2 Å². The molecule has 0 bridgehead atoms. The van der Waals surface area contributed by atoms with Crippen molar-refractivity contribution in [1.29, 1.82) is 0 Å². The molecule has 3 rings (SSSR count). The number of carbonyl (C=O) groups is 1. The Morgan fingerprint density at radius 2 is 2.04 bits per heavy atom. The molecular formula is C20H25N3O3S2. The molecule has 28 heavy (non-hydrogen) atoms. The van der Waals surface area contributed by atoms with Gasteiger partial charge in [0.25, 0.3) is 5.56 Å². The van der Waals surface area contributed by atoms with Gasteiger partial charge in [-0.25, -0.2) is 4.98 Å². The van der Waals surface area contributed by atoms with Crippen molar-refractivity contribution < 1.29 is 9.21 Å². The summed E-state index contributed by atoms with van der Waals surface area (Å²) in [6.45, 7) is 10.2. The van der Waals surface area contributed by atoms with Gasteiger partial charge in [-0.15, -0.1) is 11.3 Å². The molecule has 0 fully saturated rings. The summed E-state index contributed by atoms with van der Waals surface area (Å²) in [5, 5.41) is 1.28. The summed E-state index contributed by atoms with van der Waals surface area (Å²) in [6.07, 6.45) is 0. The van der Waals surface area contributed by atoms with Crippen LogP contribution in [0.2, 0.25) is 0 Å². The van der Waals surface area contributed by atoms with Gasteiger partial charge in [-0.1, -0.05) is 11.8 Å². The van der Waals surface area contributed by atoms with Crippen molar-refractivity contribution in [3.05, 3.63) is 44.4 Å². The van der Waals surface area contributed by atoms with E-state index in [4.69, 9.17) is 9.40 Å². The van der Waals surface area contributed by atoms with Crippen molar-refractivity contribution in [2.75, 3.05) is 12.8 Å². The first-order valence-corrected chi connectivity index (χ1v) is 10.9. The number of carbonyl (C=O) groups excluding carboxylic acids is 1. The minimum Gasteiger partial charge on any atom is -0.464 e. The molecule has 0 aliphatic heterocycles. The van der Waals surface area contributed by atoms with E-state index in [1.54, 1.807) is 16.5 Å². The molecule has 8 heteroatoms. The zero-order valence-corrected chi connectivity index (χ0v) is 18.7. The van der Waals surface area contributed by atoms with Gasteiger partial charge in [-0.05, 0) is 52.3 Å². The number of hydrogen-bond donors (Lipinski definition) is 0. The van der Waals surface area contributed by atoms with Gasteiger partial charge in [0.2, 0.25) is 5.91 Å². The second-order valence-corrected chi connectivity index (χ2v) is 9.32. The number of thioether (sulfide) groups is 1. The van der Waals surface area contributed by atoms with Crippen LogP contribution in [0.25, 0.3) is 10.2 Å². The Kier molecular flexibility index (Phi) is 6.00. The van der Waals surface area contributed by atoms with E-state index in [-0.39, 0.29) is 23.3 Å². The third-order valence-electron chi connectivity index (χ3n) is 4.66. The molecule has 3 aromatic heterocycles. The van der Waals surface area contributed by atoms with Gasteiger partial charge in [0.1, 0.15) is 16.4 Å². The third-order valence-corrected chi connectivity index (χ3v) is 6.70. The molecule has 0 aliphatic carbocycles. The molecule has 1 amide bonds. The fourth-order valence-electron chi connectivity index (χ4n) is 2.97. The molecular weight excluding hydrogens is 394 g/mol. The second-order valence-electron chi connectivity index (χ2n) is 7.18. The van der Waals surface area contributed by atoms with Crippen molar-refractivity contribution in [2.24, 2.45) is 0 Å². The topological polar surface area (TPSA) is 68.3 Å². The maximum Gasteiger partial charge on any atom is 0.263 e. The smallest absolute Gasteiger partial charge is 0.263 e. The largest absolute Gasteiger partial charge is 0.464 e. The van der Waals surface area contributed by atoms with E-state index in [0.29, 0.717) is 17.1 Å². The number of aryl methyl sites for hydroxylation is 3. The minimum atomic E-state index is -0.0396. The normalized spacial score (nSPS) is 11.5. The summed E-state index contributed by atoms with van der Waals surface area (Å²) in [4.78, 5) is 33.8. The number of nitrogens with zero attached hydrogens (tertiary/aromatic N) is 3. The number of fused-ring (bicyclic) bond motifs is 1. The van der Waals surface area contributed by atoms with Crippen LogP contribution in [0, 0.1) is 20.8 Å². The van der Waals surface area contributed by atoms with Crippen LogP contribution < -0.4 is 5.56 Å². The predicted octanol–water partition coefficient (Wildman–Crippen LogP) is 4.31. The van der Waals surface area contributed by atoms with E-state index in [9.17, 15) is 9.59 Å². The Labute approximate surface area is 172 Å². The lowest BCUT2D eigenvalue weighted by Gasteiger charge is -2.18. The minimum absolute atomic E-state index is 0.0313. The van der Waals surface area contributed by atoms with Crippen LogP contribution >= 0.6 is 23.1 Å².